The van der Waals surface area contributed by atoms with E-state index in [1.807, 2.05) is 18.2 Å². The van der Waals surface area contributed by atoms with Crippen LogP contribution in [0.5, 0.6) is 5.75 Å². The first kappa shape index (κ1) is 15.9. The minimum atomic E-state index is 0.684. The predicted octanol–water partition coefficient (Wildman–Crippen LogP) is 4.93. The normalized spacial score (nSPS) is 11.0. The molecule has 0 spiro atoms. The number of imidazole rings is 1. The summed E-state index contributed by atoms with van der Waals surface area (Å²) in [4.78, 5) is 4.76. The molecule has 0 amide bonds. The highest BCUT2D eigenvalue weighted by Gasteiger charge is 2.10. The molecule has 120 valence electrons. The Balaban J connectivity index is 1.62. The minimum Gasteiger partial charge on any atom is -0.493 e. The van der Waals surface area contributed by atoms with Crippen LogP contribution in [-0.4, -0.2) is 21.9 Å². The molecule has 3 nitrogen and oxygen atoms in total. The molecule has 0 fully saturated rings. The second kappa shape index (κ2) is 7.55. The van der Waals surface area contributed by atoms with E-state index in [4.69, 9.17) is 9.72 Å². The van der Waals surface area contributed by atoms with E-state index in [-0.39, 0.29) is 0 Å². The first-order chi connectivity index (χ1) is 11.3. The van der Waals surface area contributed by atoms with Crippen molar-refractivity contribution in [2.75, 3.05) is 12.4 Å². The predicted molar refractivity (Wildman–Crippen MR) is 97.4 cm³/mol. The Labute approximate surface area is 141 Å². The van der Waals surface area contributed by atoms with E-state index < -0.39 is 0 Å². The zero-order valence-corrected chi connectivity index (χ0v) is 14.5. The molecular formula is C19H22N2OS. The Morgan fingerprint density at radius 3 is 2.65 bits per heavy atom. The molecule has 4 heteroatoms. The molecule has 0 atom stereocenters. The summed E-state index contributed by atoms with van der Waals surface area (Å²) in [6.07, 6.45) is 1.10. The zero-order chi connectivity index (χ0) is 16.1. The average Bonchev–Trinajstić information content (AvgIpc) is 2.92. The van der Waals surface area contributed by atoms with Gasteiger partial charge in [-0.25, -0.2) is 4.98 Å². The van der Waals surface area contributed by atoms with Gasteiger partial charge >= 0.3 is 0 Å². The van der Waals surface area contributed by atoms with Gasteiger partial charge in [0, 0.05) is 12.3 Å². The van der Waals surface area contributed by atoms with Crippen LogP contribution in [0.4, 0.5) is 0 Å². The maximum absolute atomic E-state index is 5.80. The third kappa shape index (κ3) is 3.88. The van der Waals surface area contributed by atoms with Gasteiger partial charge in [-0.2, -0.15) is 0 Å². The Kier molecular flexibility index (Phi) is 5.23. The molecule has 0 saturated heterocycles. The van der Waals surface area contributed by atoms with Crippen LogP contribution in [0.3, 0.4) is 0 Å². The number of hydrogen-bond acceptors (Lipinski definition) is 3. The third-order valence-electron chi connectivity index (χ3n) is 3.67. The van der Waals surface area contributed by atoms with Crippen molar-refractivity contribution in [3.05, 3.63) is 54.1 Å². The topological polar surface area (TPSA) is 27.1 Å². The lowest BCUT2D eigenvalue weighted by molar-refractivity contribution is 0.343. The highest BCUT2D eigenvalue weighted by molar-refractivity contribution is 7.99. The van der Waals surface area contributed by atoms with Gasteiger partial charge in [0.25, 0.3) is 0 Å². The van der Waals surface area contributed by atoms with Crippen molar-refractivity contribution in [1.82, 2.24) is 9.55 Å². The van der Waals surface area contributed by atoms with Gasteiger partial charge in [-0.1, -0.05) is 48.5 Å². The monoisotopic (exact) mass is 326 g/mol. The van der Waals surface area contributed by atoms with Gasteiger partial charge in [0.1, 0.15) is 5.75 Å². The number of aromatic nitrogens is 2. The van der Waals surface area contributed by atoms with Crippen LogP contribution < -0.4 is 4.74 Å². The van der Waals surface area contributed by atoms with Crippen molar-refractivity contribution < 1.29 is 4.74 Å². The molecule has 0 aliphatic heterocycles. The first-order valence-electron chi connectivity index (χ1n) is 8.05. The molecular weight excluding hydrogens is 304 g/mol. The summed E-state index contributed by atoms with van der Waals surface area (Å²) < 4.78 is 8.11. The van der Waals surface area contributed by atoms with Crippen LogP contribution in [0.15, 0.2) is 53.7 Å². The van der Waals surface area contributed by atoms with E-state index in [9.17, 15) is 0 Å². The molecule has 1 aromatic heterocycles. The molecule has 0 bridgehead atoms. The Morgan fingerprint density at radius 1 is 1.09 bits per heavy atom. The molecule has 3 rings (SSSR count). The van der Waals surface area contributed by atoms with E-state index in [0.717, 1.165) is 35.1 Å². The van der Waals surface area contributed by atoms with Crippen molar-refractivity contribution in [3.63, 3.8) is 0 Å². The van der Waals surface area contributed by atoms with Gasteiger partial charge in [-0.05, 0) is 37.6 Å². The molecule has 23 heavy (non-hydrogen) atoms. The first-order valence-corrected chi connectivity index (χ1v) is 9.04. The van der Waals surface area contributed by atoms with Crippen molar-refractivity contribution >= 4 is 22.8 Å². The molecule has 0 saturated carbocycles. The van der Waals surface area contributed by atoms with Crippen molar-refractivity contribution in [1.29, 1.82) is 0 Å². The Morgan fingerprint density at radius 2 is 1.87 bits per heavy atom. The van der Waals surface area contributed by atoms with E-state index in [2.05, 4.69) is 48.7 Å². The maximum atomic E-state index is 5.80. The van der Waals surface area contributed by atoms with Crippen LogP contribution in [0, 0.1) is 6.92 Å². The lowest BCUT2D eigenvalue weighted by Gasteiger charge is -2.08. The molecule has 0 aliphatic carbocycles. The fourth-order valence-electron chi connectivity index (χ4n) is 2.53. The highest BCUT2D eigenvalue weighted by atomic mass is 32.2. The molecule has 3 aromatic rings. The summed E-state index contributed by atoms with van der Waals surface area (Å²) in [6, 6.07) is 16.5. The van der Waals surface area contributed by atoms with E-state index >= 15 is 0 Å². The second-order valence-corrected chi connectivity index (χ2v) is 6.61. The number of benzene rings is 2. The Bertz CT molecular complexity index is 765. The van der Waals surface area contributed by atoms with Gasteiger partial charge in [0.2, 0.25) is 0 Å². The summed E-state index contributed by atoms with van der Waals surface area (Å²) in [7, 11) is 0. The maximum Gasteiger partial charge on any atom is 0.169 e. The summed E-state index contributed by atoms with van der Waals surface area (Å²) >= 11 is 1.76. The van der Waals surface area contributed by atoms with Crippen molar-refractivity contribution in [3.8, 4) is 5.75 Å². The molecule has 2 aromatic carbocycles. The number of hydrogen-bond donors (Lipinski definition) is 0. The molecule has 0 radical (unpaired) electrons. The second-order valence-electron chi connectivity index (χ2n) is 5.54. The lowest BCUT2D eigenvalue weighted by Crippen LogP contribution is -2.03. The highest BCUT2D eigenvalue weighted by Crippen LogP contribution is 2.24. The van der Waals surface area contributed by atoms with Crippen LogP contribution in [0.1, 0.15) is 18.9 Å². The number of ether oxygens (including phenoxy) is 1. The van der Waals surface area contributed by atoms with E-state index in [1.54, 1.807) is 11.8 Å². The summed E-state index contributed by atoms with van der Waals surface area (Å²) in [5, 5.41) is 1.08. The standard InChI is InChI=1S/C19H22N2OS/c1-3-12-21-18-7-5-4-6-17(18)20-19(21)23-14-13-22-16-10-8-15(2)9-11-16/h4-11H,3,12-14H2,1-2H3. The average molecular weight is 326 g/mol. The summed E-state index contributed by atoms with van der Waals surface area (Å²) in [5.74, 6) is 1.82. The lowest BCUT2D eigenvalue weighted by atomic mass is 10.2. The van der Waals surface area contributed by atoms with Gasteiger partial charge in [-0.3, -0.25) is 0 Å². The van der Waals surface area contributed by atoms with Crippen molar-refractivity contribution in [2.45, 2.75) is 32.0 Å². The SMILES string of the molecule is CCCn1c(SCCOc2ccc(C)cc2)nc2ccccc21. The van der Waals surface area contributed by atoms with Crippen LogP contribution in [0.2, 0.25) is 0 Å². The molecule has 0 unspecified atom stereocenters. The summed E-state index contributed by atoms with van der Waals surface area (Å²) in [5.41, 5.74) is 3.54. The number of rotatable bonds is 7. The molecule has 1 heterocycles. The number of thioether (sulfide) groups is 1. The fraction of sp³-hybridized carbons (Fsp3) is 0.316. The number of nitrogens with zero attached hydrogens (tertiary/aromatic N) is 2. The largest absolute Gasteiger partial charge is 0.493 e. The molecule has 0 N–H and O–H groups in total. The van der Waals surface area contributed by atoms with Crippen LogP contribution in [0.25, 0.3) is 11.0 Å². The number of fused-ring (bicyclic) bond motifs is 1. The quantitative estimate of drug-likeness (QED) is 0.455. The molecule has 0 aliphatic rings. The smallest absolute Gasteiger partial charge is 0.169 e. The van der Waals surface area contributed by atoms with Gasteiger partial charge in [0.15, 0.2) is 5.16 Å². The minimum absolute atomic E-state index is 0.684. The zero-order valence-electron chi connectivity index (χ0n) is 13.7. The van der Waals surface area contributed by atoms with Gasteiger partial charge in [0.05, 0.1) is 17.6 Å². The van der Waals surface area contributed by atoms with Crippen LogP contribution >= 0.6 is 11.8 Å². The Hall–Kier alpha value is -1.94. The van der Waals surface area contributed by atoms with Gasteiger partial charge in [-0.15, -0.1) is 0 Å². The van der Waals surface area contributed by atoms with E-state index in [0.29, 0.717) is 6.61 Å². The van der Waals surface area contributed by atoms with E-state index in [1.165, 1.54) is 11.1 Å². The van der Waals surface area contributed by atoms with Crippen molar-refractivity contribution in [2.24, 2.45) is 0 Å². The number of aryl methyl sites for hydroxylation is 2. The third-order valence-corrected chi connectivity index (χ3v) is 4.61. The number of para-hydroxylation sites is 2. The summed E-state index contributed by atoms with van der Waals surface area (Å²) in [6.45, 7) is 5.96. The van der Waals surface area contributed by atoms with Gasteiger partial charge < -0.3 is 9.30 Å². The van der Waals surface area contributed by atoms with Crippen LogP contribution in [-0.2, 0) is 6.54 Å². The fourth-order valence-corrected chi connectivity index (χ4v) is 3.39.